The predicted octanol–water partition coefficient (Wildman–Crippen LogP) is 2.49. The summed E-state index contributed by atoms with van der Waals surface area (Å²) in [6.45, 7) is -2.89. The molecule has 0 atom stereocenters. The Bertz CT molecular complexity index is 515. The number of nitrogens with two attached hydrogens (primary N) is 1. The Morgan fingerprint density at radius 3 is 2.75 bits per heavy atom. The lowest BCUT2D eigenvalue weighted by Crippen LogP contribution is -2.03. The van der Waals surface area contributed by atoms with E-state index in [9.17, 15) is 8.78 Å². The van der Waals surface area contributed by atoms with Crippen LogP contribution in [0.1, 0.15) is 0 Å². The van der Waals surface area contributed by atoms with Gasteiger partial charge in [0.2, 0.25) is 0 Å². The van der Waals surface area contributed by atoms with Gasteiger partial charge in [0.25, 0.3) is 0 Å². The first kappa shape index (κ1) is 10.9. The van der Waals surface area contributed by atoms with Crippen molar-refractivity contribution in [2.75, 3.05) is 12.8 Å². The third-order valence-corrected chi connectivity index (χ3v) is 2.75. The van der Waals surface area contributed by atoms with Crippen molar-refractivity contribution in [3.63, 3.8) is 0 Å². The molecule has 0 saturated heterocycles. The van der Waals surface area contributed by atoms with Crippen molar-refractivity contribution in [3.05, 3.63) is 12.1 Å². The van der Waals surface area contributed by atoms with Crippen LogP contribution in [0.15, 0.2) is 12.1 Å². The average Bonchev–Trinajstić information content (AvgIpc) is 2.55. The van der Waals surface area contributed by atoms with Crippen LogP contribution in [-0.2, 0) is 0 Å². The summed E-state index contributed by atoms with van der Waals surface area (Å²) in [7, 11) is 1.37. The number of benzene rings is 1. The second kappa shape index (κ2) is 4.09. The highest BCUT2D eigenvalue weighted by atomic mass is 32.1. The van der Waals surface area contributed by atoms with E-state index >= 15 is 0 Å². The molecule has 0 radical (unpaired) electrons. The largest absolute Gasteiger partial charge is 0.493 e. The number of halogens is 2. The highest BCUT2D eigenvalue weighted by Gasteiger charge is 2.13. The lowest BCUT2D eigenvalue weighted by atomic mass is 10.3. The number of nitrogens with zero attached hydrogens (tertiary/aromatic N) is 1. The highest BCUT2D eigenvalue weighted by Crippen LogP contribution is 2.36. The first-order valence-corrected chi connectivity index (χ1v) is 5.10. The Morgan fingerprint density at radius 1 is 1.38 bits per heavy atom. The van der Waals surface area contributed by atoms with Crippen molar-refractivity contribution >= 4 is 26.7 Å². The van der Waals surface area contributed by atoms with Crippen LogP contribution in [0.4, 0.5) is 13.9 Å². The van der Waals surface area contributed by atoms with Crippen LogP contribution in [0.25, 0.3) is 10.2 Å². The lowest BCUT2D eigenvalue weighted by Gasteiger charge is -2.09. The second-order valence-electron chi connectivity index (χ2n) is 2.90. The van der Waals surface area contributed by atoms with Gasteiger partial charge in [0.1, 0.15) is 0 Å². The number of fused-ring (bicyclic) bond motifs is 1. The summed E-state index contributed by atoms with van der Waals surface area (Å²) < 4.78 is 34.2. The minimum atomic E-state index is -2.89. The maximum Gasteiger partial charge on any atom is 0.387 e. The molecule has 0 fully saturated rings. The van der Waals surface area contributed by atoms with Gasteiger partial charge in [-0.25, -0.2) is 4.98 Å². The minimum Gasteiger partial charge on any atom is -0.493 e. The molecule has 2 N–H and O–H groups in total. The fourth-order valence-corrected chi connectivity index (χ4v) is 2.05. The number of alkyl halides is 2. The molecule has 16 heavy (non-hydrogen) atoms. The number of aromatic nitrogens is 1. The normalized spacial score (nSPS) is 11.0. The van der Waals surface area contributed by atoms with Crippen molar-refractivity contribution in [2.24, 2.45) is 0 Å². The molecule has 0 saturated carbocycles. The predicted molar refractivity (Wildman–Crippen MR) is 57.2 cm³/mol. The van der Waals surface area contributed by atoms with Gasteiger partial charge >= 0.3 is 6.61 Å². The van der Waals surface area contributed by atoms with Gasteiger partial charge in [-0.05, 0) is 0 Å². The topological polar surface area (TPSA) is 57.4 Å². The molecule has 2 aromatic rings. The maximum absolute atomic E-state index is 12.1. The van der Waals surface area contributed by atoms with Gasteiger partial charge in [-0.15, -0.1) is 0 Å². The van der Waals surface area contributed by atoms with Crippen LogP contribution < -0.4 is 15.2 Å². The Labute approximate surface area is 93.6 Å². The molecule has 86 valence electrons. The van der Waals surface area contributed by atoms with Crippen molar-refractivity contribution in [1.82, 2.24) is 4.98 Å². The molecule has 0 amide bonds. The summed E-state index contributed by atoms with van der Waals surface area (Å²) in [6, 6.07) is 2.95. The summed E-state index contributed by atoms with van der Waals surface area (Å²) in [5.41, 5.74) is 6.11. The number of methoxy groups -OCH3 is 1. The quantitative estimate of drug-likeness (QED) is 0.903. The van der Waals surface area contributed by atoms with Gasteiger partial charge in [-0.3, -0.25) is 0 Å². The fraction of sp³-hybridized carbons (Fsp3) is 0.222. The third-order valence-electron chi connectivity index (χ3n) is 1.91. The summed E-state index contributed by atoms with van der Waals surface area (Å²) in [4.78, 5) is 4.02. The molecule has 0 bridgehead atoms. The third kappa shape index (κ3) is 1.99. The number of hydrogen-bond donors (Lipinski definition) is 1. The molecule has 0 aliphatic heterocycles. The minimum absolute atomic E-state index is 0.0198. The summed E-state index contributed by atoms with van der Waals surface area (Å²) in [6.07, 6.45) is 0. The van der Waals surface area contributed by atoms with E-state index < -0.39 is 6.61 Å². The van der Waals surface area contributed by atoms with Gasteiger partial charge < -0.3 is 15.2 Å². The molecule has 2 rings (SSSR count). The molecule has 1 aromatic heterocycles. The van der Waals surface area contributed by atoms with Crippen LogP contribution in [0.5, 0.6) is 11.5 Å². The first-order chi connectivity index (χ1) is 7.60. The van der Waals surface area contributed by atoms with Crippen LogP contribution in [0.2, 0.25) is 0 Å². The average molecular weight is 246 g/mol. The zero-order valence-corrected chi connectivity index (χ0v) is 9.05. The molecule has 0 aliphatic rings. The maximum atomic E-state index is 12.1. The van der Waals surface area contributed by atoms with Crippen LogP contribution in [0, 0.1) is 0 Å². The van der Waals surface area contributed by atoms with Crippen molar-refractivity contribution in [2.45, 2.75) is 6.61 Å². The smallest absolute Gasteiger partial charge is 0.387 e. The second-order valence-corrected chi connectivity index (χ2v) is 3.96. The molecule has 0 spiro atoms. The molecule has 0 unspecified atom stereocenters. The van der Waals surface area contributed by atoms with Gasteiger partial charge in [0, 0.05) is 12.1 Å². The van der Waals surface area contributed by atoms with Crippen LogP contribution >= 0.6 is 11.3 Å². The summed E-state index contributed by atoms with van der Waals surface area (Å²) >= 11 is 1.20. The Kier molecular flexibility index (Phi) is 2.78. The van der Waals surface area contributed by atoms with Crippen molar-refractivity contribution in [1.29, 1.82) is 0 Å². The number of hydrogen-bond acceptors (Lipinski definition) is 5. The van der Waals surface area contributed by atoms with E-state index in [1.807, 2.05) is 0 Å². The first-order valence-electron chi connectivity index (χ1n) is 4.29. The number of anilines is 1. The number of nitrogen functional groups attached to an aromatic ring is 1. The zero-order valence-electron chi connectivity index (χ0n) is 8.24. The number of thiazole rings is 1. The molecule has 1 heterocycles. The van der Waals surface area contributed by atoms with E-state index in [2.05, 4.69) is 9.72 Å². The van der Waals surface area contributed by atoms with E-state index in [0.717, 1.165) is 0 Å². The Balaban J connectivity index is 2.53. The fourth-order valence-electron chi connectivity index (χ4n) is 1.30. The monoisotopic (exact) mass is 246 g/mol. The molecular formula is C9H8F2N2O2S. The SMILES string of the molecule is COc1cc2nc(N)sc2cc1OC(F)F. The summed E-state index contributed by atoms with van der Waals surface area (Å²) in [5, 5.41) is 0.367. The van der Waals surface area contributed by atoms with Gasteiger partial charge in [-0.2, -0.15) is 8.78 Å². The van der Waals surface area contributed by atoms with Crippen molar-refractivity contribution in [3.8, 4) is 11.5 Å². The standard InChI is InChI=1S/C9H8F2N2O2S/c1-14-5-2-4-7(16-9(12)13-4)3-6(5)15-8(10)11/h2-3,8H,1H3,(H2,12,13). The van der Waals surface area contributed by atoms with E-state index in [1.165, 1.54) is 30.6 Å². The summed E-state index contributed by atoms with van der Waals surface area (Å²) in [5.74, 6) is 0.187. The van der Waals surface area contributed by atoms with Crippen LogP contribution in [0.3, 0.4) is 0 Å². The number of rotatable bonds is 3. The molecule has 7 heteroatoms. The van der Waals surface area contributed by atoms with Gasteiger partial charge in [0.05, 0.1) is 17.3 Å². The molecular weight excluding hydrogens is 238 g/mol. The Hall–Kier alpha value is -1.63. The Morgan fingerprint density at radius 2 is 2.12 bits per heavy atom. The zero-order chi connectivity index (χ0) is 11.7. The number of ether oxygens (including phenoxy) is 2. The van der Waals surface area contributed by atoms with E-state index in [1.54, 1.807) is 0 Å². The van der Waals surface area contributed by atoms with Crippen LogP contribution in [-0.4, -0.2) is 18.7 Å². The van der Waals surface area contributed by atoms with E-state index in [4.69, 9.17) is 10.5 Å². The van der Waals surface area contributed by atoms with E-state index in [-0.39, 0.29) is 11.5 Å². The molecule has 0 aliphatic carbocycles. The lowest BCUT2D eigenvalue weighted by molar-refractivity contribution is -0.0511. The highest BCUT2D eigenvalue weighted by molar-refractivity contribution is 7.22. The molecule has 4 nitrogen and oxygen atoms in total. The van der Waals surface area contributed by atoms with E-state index in [0.29, 0.717) is 15.3 Å². The van der Waals surface area contributed by atoms with Gasteiger partial charge in [0.15, 0.2) is 16.6 Å². The molecule has 1 aromatic carbocycles. The van der Waals surface area contributed by atoms with Crippen molar-refractivity contribution < 1.29 is 18.3 Å². The van der Waals surface area contributed by atoms with Gasteiger partial charge in [-0.1, -0.05) is 11.3 Å².